The molecule has 0 aliphatic heterocycles. The van der Waals surface area contributed by atoms with Crippen LogP contribution in [0.15, 0.2) is 0 Å². The van der Waals surface area contributed by atoms with Crippen molar-refractivity contribution in [2.24, 2.45) is 5.92 Å². The van der Waals surface area contributed by atoms with Gasteiger partial charge in [0.1, 0.15) is 5.78 Å². The van der Waals surface area contributed by atoms with E-state index in [2.05, 4.69) is 6.92 Å². The second-order valence-electron chi connectivity index (χ2n) is 3.05. The Morgan fingerprint density at radius 3 is 2.90 bits per heavy atom. The molecule has 0 aromatic carbocycles. The van der Waals surface area contributed by atoms with E-state index in [9.17, 15) is 4.79 Å². The average molecular weight is 139 g/mol. The smallest absolute Gasteiger partial charge is 0.135 e. The molecule has 57 valence electrons. The fourth-order valence-electron chi connectivity index (χ4n) is 1.61. The van der Waals surface area contributed by atoms with E-state index in [1.807, 2.05) is 0 Å². The lowest BCUT2D eigenvalue weighted by atomic mass is 9.85. The van der Waals surface area contributed by atoms with Gasteiger partial charge in [-0.05, 0) is 19.3 Å². The Hall–Kier alpha value is -0.330. The summed E-state index contributed by atoms with van der Waals surface area (Å²) in [4.78, 5) is 11.2. The third-order valence-corrected chi connectivity index (χ3v) is 2.23. The van der Waals surface area contributed by atoms with E-state index in [0.717, 1.165) is 32.1 Å². The van der Waals surface area contributed by atoms with Gasteiger partial charge in [0.2, 0.25) is 0 Å². The van der Waals surface area contributed by atoms with Crippen LogP contribution in [0.5, 0.6) is 0 Å². The lowest BCUT2D eigenvalue weighted by Crippen LogP contribution is -2.18. The summed E-state index contributed by atoms with van der Waals surface area (Å²) in [6, 6.07) is 0. The van der Waals surface area contributed by atoms with Crippen molar-refractivity contribution in [1.29, 1.82) is 0 Å². The molecule has 1 saturated carbocycles. The van der Waals surface area contributed by atoms with Crippen LogP contribution in [0.3, 0.4) is 0 Å². The maximum absolute atomic E-state index is 11.2. The molecule has 1 fully saturated rings. The first-order valence-electron chi connectivity index (χ1n) is 4.16. The molecule has 0 spiro atoms. The summed E-state index contributed by atoms with van der Waals surface area (Å²) < 4.78 is 0. The predicted octanol–water partition coefficient (Wildman–Crippen LogP) is 2.36. The summed E-state index contributed by atoms with van der Waals surface area (Å²) in [6.07, 6.45) is 6.23. The van der Waals surface area contributed by atoms with Crippen LogP contribution < -0.4 is 0 Å². The summed E-state index contributed by atoms with van der Waals surface area (Å²) in [5.41, 5.74) is 0. The van der Waals surface area contributed by atoms with Crippen LogP contribution in [0.25, 0.3) is 0 Å². The molecule has 1 nitrogen and oxygen atoms in total. The Morgan fingerprint density at radius 2 is 2.30 bits per heavy atom. The van der Waals surface area contributed by atoms with Crippen LogP contribution in [-0.2, 0) is 4.79 Å². The Morgan fingerprint density at radius 1 is 1.50 bits per heavy atom. The topological polar surface area (TPSA) is 17.1 Å². The zero-order chi connectivity index (χ0) is 7.40. The zero-order valence-corrected chi connectivity index (χ0v) is 6.44. The Labute approximate surface area is 62.8 Å². The molecule has 0 aromatic rings. The first-order chi connectivity index (χ1) is 4.84. The van der Waals surface area contributed by atoms with Crippen LogP contribution in [0.1, 0.15) is 38.5 Å². The van der Waals surface area contributed by atoms with Gasteiger partial charge in [-0.3, -0.25) is 4.79 Å². The van der Waals surface area contributed by atoms with Gasteiger partial charge in [-0.25, -0.2) is 0 Å². The van der Waals surface area contributed by atoms with Crippen molar-refractivity contribution in [1.82, 2.24) is 0 Å². The second-order valence-corrected chi connectivity index (χ2v) is 3.05. The molecule has 0 N–H and O–H groups in total. The first-order valence-corrected chi connectivity index (χ1v) is 4.16. The minimum Gasteiger partial charge on any atom is -0.299 e. The Bertz CT molecular complexity index is 116. The highest BCUT2D eigenvalue weighted by atomic mass is 16.1. The van der Waals surface area contributed by atoms with E-state index >= 15 is 0 Å². The Balaban J connectivity index is 2.32. The van der Waals surface area contributed by atoms with Gasteiger partial charge in [0.15, 0.2) is 0 Å². The number of hydrogen-bond donors (Lipinski definition) is 0. The number of ketones is 1. The minimum atomic E-state index is 0.367. The fraction of sp³-hybridized carbons (Fsp3) is 0.778. The van der Waals surface area contributed by atoms with Crippen molar-refractivity contribution >= 4 is 5.78 Å². The molecule has 0 aromatic heterocycles. The van der Waals surface area contributed by atoms with Gasteiger partial charge in [-0.15, -0.1) is 0 Å². The molecule has 1 heteroatoms. The molecule has 1 rings (SSSR count). The highest BCUT2D eigenvalue weighted by Gasteiger charge is 2.20. The first kappa shape index (κ1) is 7.77. The maximum atomic E-state index is 11.2. The normalized spacial score (nSPS) is 26.9. The van der Waals surface area contributed by atoms with Gasteiger partial charge < -0.3 is 0 Å². The predicted molar refractivity (Wildman–Crippen MR) is 41.6 cm³/mol. The second kappa shape index (κ2) is 3.75. The summed E-state index contributed by atoms with van der Waals surface area (Å²) in [5.74, 6) is 0.848. The van der Waals surface area contributed by atoms with Gasteiger partial charge >= 0.3 is 0 Å². The van der Waals surface area contributed by atoms with Gasteiger partial charge in [-0.1, -0.05) is 19.8 Å². The van der Waals surface area contributed by atoms with Crippen LogP contribution in [0.2, 0.25) is 0 Å². The molecule has 0 bridgehead atoms. The zero-order valence-electron chi connectivity index (χ0n) is 6.44. The lowest BCUT2D eigenvalue weighted by molar-refractivity contribution is -0.124. The lowest BCUT2D eigenvalue weighted by Gasteiger charge is -2.19. The SMILES string of the molecule is [CH2]CCC1CCCCC1=O. The van der Waals surface area contributed by atoms with Gasteiger partial charge in [-0.2, -0.15) is 0 Å². The molecular weight excluding hydrogens is 124 g/mol. The summed E-state index contributed by atoms with van der Waals surface area (Å²) in [7, 11) is 0. The summed E-state index contributed by atoms with van der Waals surface area (Å²) >= 11 is 0. The molecule has 0 heterocycles. The fourth-order valence-corrected chi connectivity index (χ4v) is 1.61. The molecular formula is C9H15O. The standard InChI is InChI=1S/C9H15O/c1-2-5-8-6-3-4-7-9(8)10/h8H,1-7H2. The number of Topliss-reactive ketones (excluding diaryl/α,β-unsaturated/α-hetero) is 1. The largest absolute Gasteiger partial charge is 0.299 e. The third-order valence-electron chi connectivity index (χ3n) is 2.23. The number of carbonyl (C=O) groups excluding carboxylic acids is 1. The number of rotatable bonds is 2. The van der Waals surface area contributed by atoms with Crippen LogP contribution in [-0.4, -0.2) is 5.78 Å². The average Bonchev–Trinajstić information content (AvgIpc) is 1.94. The molecule has 1 aliphatic carbocycles. The Kier molecular flexibility index (Phi) is 2.91. The minimum absolute atomic E-state index is 0.367. The highest BCUT2D eigenvalue weighted by Crippen LogP contribution is 2.23. The van der Waals surface area contributed by atoms with Crippen LogP contribution in [0, 0.1) is 12.8 Å². The van der Waals surface area contributed by atoms with Crippen molar-refractivity contribution < 1.29 is 4.79 Å². The monoisotopic (exact) mass is 139 g/mol. The molecule has 1 atom stereocenters. The van der Waals surface area contributed by atoms with E-state index in [1.54, 1.807) is 0 Å². The number of carbonyl (C=O) groups is 1. The van der Waals surface area contributed by atoms with Gasteiger partial charge in [0.25, 0.3) is 0 Å². The van der Waals surface area contributed by atoms with E-state index < -0.39 is 0 Å². The highest BCUT2D eigenvalue weighted by molar-refractivity contribution is 5.81. The molecule has 1 aliphatic rings. The van der Waals surface area contributed by atoms with Crippen LogP contribution in [0.4, 0.5) is 0 Å². The van der Waals surface area contributed by atoms with Crippen molar-refractivity contribution in [3.05, 3.63) is 6.92 Å². The molecule has 1 radical (unpaired) electrons. The van der Waals surface area contributed by atoms with Crippen molar-refractivity contribution in [3.63, 3.8) is 0 Å². The van der Waals surface area contributed by atoms with E-state index in [0.29, 0.717) is 11.7 Å². The number of hydrogen-bond acceptors (Lipinski definition) is 1. The molecule has 0 saturated heterocycles. The molecule has 10 heavy (non-hydrogen) atoms. The van der Waals surface area contributed by atoms with Gasteiger partial charge in [0.05, 0.1) is 0 Å². The third kappa shape index (κ3) is 1.83. The van der Waals surface area contributed by atoms with Crippen LogP contribution >= 0.6 is 0 Å². The molecule has 0 amide bonds. The van der Waals surface area contributed by atoms with Crippen molar-refractivity contribution in [2.75, 3.05) is 0 Å². The van der Waals surface area contributed by atoms with Gasteiger partial charge in [0, 0.05) is 12.3 Å². The van der Waals surface area contributed by atoms with E-state index in [1.165, 1.54) is 6.42 Å². The summed E-state index contributed by atoms with van der Waals surface area (Å²) in [5, 5.41) is 0. The molecule has 1 unspecified atom stereocenters. The summed E-state index contributed by atoms with van der Waals surface area (Å²) in [6.45, 7) is 3.76. The quantitative estimate of drug-likeness (QED) is 0.574. The van der Waals surface area contributed by atoms with E-state index in [4.69, 9.17) is 0 Å². The maximum Gasteiger partial charge on any atom is 0.135 e. The van der Waals surface area contributed by atoms with E-state index in [-0.39, 0.29) is 0 Å². The van der Waals surface area contributed by atoms with Crippen molar-refractivity contribution in [3.8, 4) is 0 Å². The van der Waals surface area contributed by atoms with Crippen molar-refractivity contribution in [2.45, 2.75) is 38.5 Å².